The predicted octanol–water partition coefficient (Wildman–Crippen LogP) is 1.85. The molecule has 0 aromatic carbocycles. The second kappa shape index (κ2) is 5.10. The number of ether oxygens (including phenoxy) is 2. The van der Waals surface area contributed by atoms with Gasteiger partial charge in [0.15, 0.2) is 0 Å². The first-order valence-electron chi connectivity index (χ1n) is 6.62. The number of nitrogens with one attached hydrogen (secondary N) is 1. The number of hydrogen-bond donors (Lipinski definition) is 1. The zero-order chi connectivity index (χ0) is 12.4. The highest BCUT2D eigenvalue weighted by molar-refractivity contribution is 5.29. The van der Waals surface area contributed by atoms with Crippen LogP contribution in [0.5, 0.6) is 5.88 Å². The molecule has 1 saturated heterocycles. The summed E-state index contributed by atoms with van der Waals surface area (Å²) < 4.78 is 10.9. The number of fused-ring (bicyclic) bond motifs is 1. The maximum atomic E-state index is 5.76. The zero-order valence-electron chi connectivity index (χ0n) is 10.6. The maximum Gasteiger partial charge on any atom is 0.226 e. The van der Waals surface area contributed by atoms with E-state index in [2.05, 4.69) is 15.3 Å². The molecule has 3 rings (SSSR count). The summed E-state index contributed by atoms with van der Waals surface area (Å²) in [6.07, 6.45) is 6.88. The third kappa shape index (κ3) is 2.27. The minimum atomic E-state index is 0.429. The molecule has 0 bridgehead atoms. The summed E-state index contributed by atoms with van der Waals surface area (Å²) in [6, 6.07) is 2.19. The van der Waals surface area contributed by atoms with Crippen LogP contribution in [0.15, 0.2) is 12.3 Å². The number of hydrogen-bond acceptors (Lipinski definition) is 5. The average Bonchev–Trinajstić information content (AvgIpc) is 2.88. The summed E-state index contributed by atoms with van der Waals surface area (Å²) in [5, 5.41) is 3.44. The van der Waals surface area contributed by atoms with Gasteiger partial charge in [-0.3, -0.25) is 0 Å². The van der Waals surface area contributed by atoms with Gasteiger partial charge in [-0.2, -0.15) is 4.98 Å². The van der Waals surface area contributed by atoms with E-state index in [0.717, 1.165) is 13.0 Å². The fourth-order valence-electron chi connectivity index (χ4n) is 3.05. The van der Waals surface area contributed by atoms with E-state index >= 15 is 0 Å². The van der Waals surface area contributed by atoms with Gasteiger partial charge in [-0.15, -0.1) is 0 Å². The van der Waals surface area contributed by atoms with Crippen LogP contribution in [0.1, 0.15) is 25.7 Å². The number of aromatic nitrogens is 2. The van der Waals surface area contributed by atoms with Crippen molar-refractivity contribution in [2.75, 3.05) is 19.0 Å². The lowest BCUT2D eigenvalue weighted by molar-refractivity contribution is 0.0619. The number of rotatable bonds is 3. The Labute approximate surface area is 107 Å². The third-order valence-corrected chi connectivity index (χ3v) is 3.93. The van der Waals surface area contributed by atoms with Crippen molar-refractivity contribution in [3.05, 3.63) is 12.3 Å². The first-order chi connectivity index (χ1) is 8.86. The van der Waals surface area contributed by atoms with Gasteiger partial charge in [0.05, 0.1) is 13.2 Å². The molecule has 2 heterocycles. The monoisotopic (exact) mass is 249 g/mol. The van der Waals surface area contributed by atoms with Crippen LogP contribution in [0, 0.1) is 5.92 Å². The van der Waals surface area contributed by atoms with Crippen LogP contribution in [0.2, 0.25) is 0 Å². The van der Waals surface area contributed by atoms with Gasteiger partial charge >= 0.3 is 0 Å². The quantitative estimate of drug-likeness (QED) is 0.886. The third-order valence-electron chi connectivity index (χ3n) is 3.93. The zero-order valence-corrected chi connectivity index (χ0v) is 10.6. The van der Waals surface area contributed by atoms with Crippen molar-refractivity contribution in [3.63, 3.8) is 0 Å². The smallest absolute Gasteiger partial charge is 0.226 e. The second-order valence-electron chi connectivity index (χ2n) is 4.97. The molecule has 2 fully saturated rings. The molecule has 1 saturated carbocycles. The van der Waals surface area contributed by atoms with Crippen LogP contribution in [-0.2, 0) is 4.74 Å². The SMILES string of the molecule is COc1ccnc(NC2CCCC3OCCC23)n1. The Hall–Kier alpha value is -1.36. The standard InChI is InChI=1S/C13H19N3O2/c1-17-12-5-7-14-13(16-12)15-10-3-2-4-11-9(10)6-8-18-11/h5,7,9-11H,2-4,6,8H2,1H3,(H,14,15,16). The Morgan fingerprint density at radius 2 is 2.33 bits per heavy atom. The molecule has 1 N–H and O–H groups in total. The van der Waals surface area contributed by atoms with Gasteiger partial charge in [-0.25, -0.2) is 4.98 Å². The van der Waals surface area contributed by atoms with E-state index < -0.39 is 0 Å². The molecule has 98 valence electrons. The minimum absolute atomic E-state index is 0.429. The van der Waals surface area contributed by atoms with Gasteiger partial charge in [-0.1, -0.05) is 0 Å². The molecule has 1 aromatic rings. The van der Waals surface area contributed by atoms with E-state index in [0.29, 0.717) is 29.9 Å². The summed E-state index contributed by atoms with van der Waals surface area (Å²) in [4.78, 5) is 8.57. The molecular formula is C13H19N3O2. The highest BCUT2D eigenvalue weighted by Crippen LogP contribution is 2.35. The summed E-state index contributed by atoms with van der Waals surface area (Å²) in [5.41, 5.74) is 0. The fourth-order valence-corrected chi connectivity index (χ4v) is 3.05. The summed E-state index contributed by atoms with van der Waals surface area (Å²) in [5.74, 6) is 1.86. The van der Waals surface area contributed by atoms with Crippen molar-refractivity contribution in [1.29, 1.82) is 0 Å². The molecule has 5 heteroatoms. The van der Waals surface area contributed by atoms with Crippen molar-refractivity contribution >= 4 is 5.95 Å². The molecule has 0 amide bonds. The van der Waals surface area contributed by atoms with Crippen molar-refractivity contribution in [2.45, 2.75) is 37.8 Å². The number of anilines is 1. The first kappa shape index (κ1) is 11.7. The van der Waals surface area contributed by atoms with E-state index in [9.17, 15) is 0 Å². The molecule has 1 aromatic heterocycles. The van der Waals surface area contributed by atoms with Gasteiger partial charge < -0.3 is 14.8 Å². The van der Waals surface area contributed by atoms with Gasteiger partial charge in [0.25, 0.3) is 0 Å². The van der Waals surface area contributed by atoms with Crippen LogP contribution < -0.4 is 10.1 Å². The Bertz CT molecular complexity index is 413. The van der Waals surface area contributed by atoms with Crippen LogP contribution in [0.25, 0.3) is 0 Å². The van der Waals surface area contributed by atoms with Crippen LogP contribution >= 0.6 is 0 Å². The van der Waals surface area contributed by atoms with Gasteiger partial charge in [0, 0.05) is 30.8 Å². The summed E-state index contributed by atoms with van der Waals surface area (Å²) >= 11 is 0. The number of methoxy groups -OCH3 is 1. The molecular weight excluding hydrogens is 230 g/mol. The van der Waals surface area contributed by atoms with Crippen LogP contribution in [0.3, 0.4) is 0 Å². The molecule has 1 aliphatic carbocycles. The molecule has 5 nitrogen and oxygen atoms in total. The molecule has 3 unspecified atom stereocenters. The van der Waals surface area contributed by atoms with Crippen molar-refractivity contribution < 1.29 is 9.47 Å². The molecule has 0 spiro atoms. The Morgan fingerprint density at radius 1 is 1.39 bits per heavy atom. The van der Waals surface area contributed by atoms with Crippen molar-refractivity contribution in [2.24, 2.45) is 5.92 Å². The summed E-state index contributed by atoms with van der Waals surface area (Å²) in [6.45, 7) is 0.895. The fraction of sp³-hybridized carbons (Fsp3) is 0.692. The second-order valence-corrected chi connectivity index (χ2v) is 4.97. The predicted molar refractivity (Wildman–Crippen MR) is 67.7 cm³/mol. The van der Waals surface area contributed by atoms with E-state index in [1.165, 1.54) is 19.3 Å². The van der Waals surface area contributed by atoms with Crippen molar-refractivity contribution in [1.82, 2.24) is 9.97 Å². The van der Waals surface area contributed by atoms with E-state index in [4.69, 9.17) is 9.47 Å². The molecule has 0 radical (unpaired) electrons. The van der Waals surface area contributed by atoms with E-state index in [1.807, 2.05) is 0 Å². The number of nitrogens with zero attached hydrogens (tertiary/aromatic N) is 2. The van der Waals surface area contributed by atoms with Crippen LogP contribution in [0.4, 0.5) is 5.95 Å². The summed E-state index contributed by atoms with van der Waals surface area (Å²) in [7, 11) is 1.62. The Morgan fingerprint density at radius 3 is 3.22 bits per heavy atom. The Kier molecular flexibility index (Phi) is 3.32. The van der Waals surface area contributed by atoms with Gasteiger partial charge in [-0.05, 0) is 25.7 Å². The van der Waals surface area contributed by atoms with Gasteiger partial charge in [0.2, 0.25) is 11.8 Å². The first-order valence-corrected chi connectivity index (χ1v) is 6.62. The molecule has 3 atom stereocenters. The van der Waals surface area contributed by atoms with Crippen LogP contribution in [-0.4, -0.2) is 35.8 Å². The lowest BCUT2D eigenvalue weighted by Gasteiger charge is -2.33. The highest BCUT2D eigenvalue weighted by Gasteiger charge is 2.37. The van der Waals surface area contributed by atoms with E-state index in [1.54, 1.807) is 19.4 Å². The molecule has 1 aliphatic heterocycles. The minimum Gasteiger partial charge on any atom is -0.481 e. The average molecular weight is 249 g/mol. The maximum absolute atomic E-state index is 5.76. The largest absolute Gasteiger partial charge is 0.481 e. The lowest BCUT2D eigenvalue weighted by atomic mass is 9.82. The lowest BCUT2D eigenvalue weighted by Crippen LogP contribution is -2.38. The van der Waals surface area contributed by atoms with E-state index in [-0.39, 0.29) is 0 Å². The van der Waals surface area contributed by atoms with Gasteiger partial charge in [0.1, 0.15) is 0 Å². The Balaban J connectivity index is 1.70. The normalized spacial score (nSPS) is 30.8. The van der Waals surface area contributed by atoms with Crippen molar-refractivity contribution in [3.8, 4) is 5.88 Å². The molecule has 18 heavy (non-hydrogen) atoms. The highest BCUT2D eigenvalue weighted by atomic mass is 16.5. The molecule has 2 aliphatic rings. The topological polar surface area (TPSA) is 56.3 Å².